The Bertz CT molecular complexity index is 462. The molecular formula is C17H26N2O2. The van der Waals surface area contributed by atoms with Crippen LogP contribution in [0.1, 0.15) is 30.9 Å². The molecule has 4 nitrogen and oxygen atoms in total. The molecule has 1 aliphatic heterocycles. The fourth-order valence-corrected chi connectivity index (χ4v) is 2.87. The lowest BCUT2D eigenvalue weighted by molar-refractivity contribution is -0.143. The van der Waals surface area contributed by atoms with E-state index in [0.717, 1.165) is 38.9 Å². The van der Waals surface area contributed by atoms with Crippen LogP contribution < -0.4 is 5.32 Å². The molecule has 1 N–H and O–H groups in total. The largest absolute Gasteiger partial charge is 0.468 e. The minimum Gasteiger partial charge on any atom is -0.468 e. The van der Waals surface area contributed by atoms with E-state index in [9.17, 15) is 4.79 Å². The van der Waals surface area contributed by atoms with Crippen LogP contribution in [0.3, 0.4) is 0 Å². The van der Waals surface area contributed by atoms with E-state index in [2.05, 4.69) is 41.4 Å². The van der Waals surface area contributed by atoms with E-state index in [0.29, 0.717) is 6.54 Å². The molecule has 2 rings (SSSR count). The zero-order chi connectivity index (χ0) is 15.1. The van der Waals surface area contributed by atoms with Gasteiger partial charge in [0.15, 0.2) is 0 Å². The molecule has 0 aromatic heterocycles. The zero-order valence-electron chi connectivity index (χ0n) is 13.1. The maximum atomic E-state index is 11.9. The van der Waals surface area contributed by atoms with Gasteiger partial charge in [0.25, 0.3) is 0 Å². The fourth-order valence-electron chi connectivity index (χ4n) is 2.87. The van der Waals surface area contributed by atoms with Crippen LogP contribution in [0.5, 0.6) is 0 Å². The first-order valence-electron chi connectivity index (χ1n) is 7.85. The average Bonchev–Trinajstić information content (AvgIpc) is 2.72. The van der Waals surface area contributed by atoms with Crippen LogP contribution in [0, 0.1) is 0 Å². The van der Waals surface area contributed by atoms with Crippen molar-refractivity contribution in [3.05, 3.63) is 35.4 Å². The summed E-state index contributed by atoms with van der Waals surface area (Å²) >= 11 is 0. The van der Waals surface area contributed by atoms with Crippen molar-refractivity contribution < 1.29 is 9.53 Å². The van der Waals surface area contributed by atoms with Crippen LogP contribution in [0.25, 0.3) is 0 Å². The number of benzene rings is 1. The number of fused-ring (bicyclic) bond motifs is 1. The quantitative estimate of drug-likeness (QED) is 0.813. The summed E-state index contributed by atoms with van der Waals surface area (Å²) in [7, 11) is 1.46. The standard InChI is InChI=1S/C17H26N2O2/c1-3-10-18-16(17(20)21-2)13-19-11-6-9-14-7-4-5-8-15(14)12-19/h4-5,7-8,16,18H,3,6,9-13H2,1-2H3. The summed E-state index contributed by atoms with van der Waals surface area (Å²) < 4.78 is 4.92. The third-order valence-corrected chi connectivity index (χ3v) is 4.00. The monoisotopic (exact) mass is 290 g/mol. The van der Waals surface area contributed by atoms with Crippen LogP contribution in [-0.2, 0) is 22.5 Å². The van der Waals surface area contributed by atoms with Crippen LogP contribution in [-0.4, -0.2) is 43.7 Å². The highest BCUT2D eigenvalue weighted by Gasteiger charge is 2.23. The molecule has 0 saturated heterocycles. The zero-order valence-corrected chi connectivity index (χ0v) is 13.1. The molecule has 0 aliphatic carbocycles. The summed E-state index contributed by atoms with van der Waals surface area (Å²) in [5.74, 6) is -0.166. The number of rotatable bonds is 6. The van der Waals surface area contributed by atoms with E-state index in [1.54, 1.807) is 0 Å². The van der Waals surface area contributed by atoms with Crippen molar-refractivity contribution >= 4 is 5.97 Å². The second-order valence-corrected chi connectivity index (χ2v) is 5.64. The van der Waals surface area contributed by atoms with Crippen molar-refractivity contribution in [3.8, 4) is 0 Å². The maximum Gasteiger partial charge on any atom is 0.324 e. The van der Waals surface area contributed by atoms with E-state index in [4.69, 9.17) is 4.74 Å². The van der Waals surface area contributed by atoms with Gasteiger partial charge in [-0.05, 0) is 43.5 Å². The van der Waals surface area contributed by atoms with E-state index in [1.807, 2.05) is 0 Å². The predicted molar refractivity (Wildman–Crippen MR) is 84.1 cm³/mol. The van der Waals surface area contributed by atoms with Gasteiger partial charge in [-0.15, -0.1) is 0 Å². The fraction of sp³-hybridized carbons (Fsp3) is 0.588. The van der Waals surface area contributed by atoms with E-state index in [-0.39, 0.29) is 12.0 Å². The van der Waals surface area contributed by atoms with Gasteiger partial charge in [0.05, 0.1) is 7.11 Å². The average molecular weight is 290 g/mol. The SMILES string of the molecule is CCCNC(CN1CCCc2ccccc2C1)C(=O)OC. The lowest BCUT2D eigenvalue weighted by Crippen LogP contribution is -2.46. The van der Waals surface area contributed by atoms with Crippen molar-refractivity contribution in [2.45, 2.75) is 38.8 Å². The molecule has 1 aromatic rings. The summed E-state index contributed by atoms with van der Waals surface area (Å²) in [4.78, 5) is 14.3. The molecule has 1 heterocycles. The van der Waals surface area contributed by atoms with Gasteiger partial charge in [-0.25, -0.2) is 0 Å². The first kappa shape index (κ1) is 16.0. The van der Waals surface area contributed by atoms with Gasteiger partial charge < -0.3 is 10.1 Å². The number of methoxy groups -OCH3 is 1. The van der Waals surface area contributed by atoms with Gasteiger partial charge in [0.2, 0.25) is 0 Å². The van der Waals surface area contributed by atoms with Crippen molar-refractivity contribution in [2.75, 3.05) is 26.7 Å². The molecule has 1 aliphatic rings. The molecule has 1 aromatic carbocycles. The number of esters is 1. The Morgan fingerprint density at radius 2 is 2.14 bits per heavy atom. The van der Waals surface area contributed by atoms with Gasteiger partial charge in [0, 0.05) is 13.1 Å². The van der Waals surface area contributed by atoms with E-state index >= 15 is 0 Å². The lowest BCUT2D eigenvalue weighted by atomic mass is 10.0. The van der Waals surface area contributed by atoms with Crippen molar-refractivity contribution in [1.29, 1.82) is 0 Å². The van der Waals surface area contributed by atoms with Crippen LogP contribution in [0.2, 0.25) is 0 Å². The van der Waals surface area contributed by atoms with Gasteiger partial charge in [0.1, 0.15) is 6.04 Å². The summed E-state index contributed by atoms with van der Waals surface area (Å²) in [6.45, 7) is 5.59. The Morgan fingerprint density at radius 1 is 1.38 bits per heavy atom. The number of hydrogen-bond acceptors (Lipinski definition) is 4. The first-order valence-corrected chi connectivity index (χ1v) is 7.85. The molecule has 0 bridgehead atoms. The lowest BCUT2D eigenvalue weighted by Gasteiger charge is -2.25. The minimum atomic E-state index is -0.236. The number of carbonyl (C=O) groups is 1. The second kappa shape index (κ2) is 8.15. The van der Waals surface area contributed by atoms with Crippen molar-refractivity contribution in [2.24, 2.45) is 0 Å². The third-order valence-electron chi connectivity index (χ3n) is 4.00. The smallest absolute Gasteiger partial charge is 0.324 e. The molecule has 0 amide bonds. The molecular weight excluding hydrogens is 264 g/mol. The van der Waals surface area contributed by atoms with Gasteiger partial charge in [-0.3, -0.25) is 9.69 Å². The van der Waals surface area contributed by atoms with Crippen LogP contribution in [0.4, 0.5) is 0 Å². The number of hydrogen-bond donors (Lipinski definition) is 1. The molecule has 0 fully saturated rings. The predicted octanol–water partition coefficient (Wildman–Crippen LogP) is 1.98. The summed E-state index contributed by atoms with van der Waals surface area (Å²) in [6.07, 6.45) is 3.27. The van der Waals surface area contributed by atoms with Gasteiger partial charge in [-0.1, -0.05) is 31.2 Å². The van der Waals surface area contributed by atoms with Gasteiger partial charge >= 0.3 is 5.97 Å². The van der Waals surface area contributed by atoms with E-state index < -0.39 is 0 Å². The topological polar surface area (TPSA) is 41.6 Å². The Morgan fingerprint density at radius 3 is 2.86 bits per heavy atom. The molecule has 0 saturated carbocycles. The highest BCUT2D eigenvalue weighted by Crippen LogP contribution is 2.18. The molecule has 1 atom stereocenters. The number of ether oxygens (including phenoxy) is 1. The van der Waals surface area contributed by atoms with Crippen molar-refractivity contribution in [1.82, 2.24) is 10.2 Å². The third kappa shape index (κ3) is 4.55. The molecule has 21 heavy (non-hydrogen) atoms. The summed E-state index contributed by atoms with van der Waals surface area (Å²) in [5, 5.41) is 3.30. The Labute approximate surface area is 127 Å². The number of aryl methyl sites for hydroxylation is 1. The van der Waals surface area contributed by atoms with Crippen LogP contribution in [0.15, 0.2) is 24.3 Å². The van der Waals surface area contributed by atoms with Gasteiger partial charge in [-0.2, -0.15) is 0 Å². The first-order chi connectivity index (χ1) is 10.2. The summed E-state index contributed by atoms with van der Waals surface area (Å²) in [5.41, 5.74) is 2.82. The van der Waals surface area contributed by atoms with Crippen molar-refractivity contribution in [3.63, 3.8) is 0 Å². The molecule has 0 spiro atoms. The van der Waals surface area contributed by atoms with E-state index in [1.165, 1.54) is 18.2 Å². The highest BCUT2D eigenvalue weighted by molar-refractivity contribution is 5.75. The normalized spacial score (nSPS) is 16.9. The molecule has 4 heteroatoms. The minimum absolute atomic E-state index is 0.166. The van der Waals surface area contributed by atoms with Crippen LogP contribution >= 0.6 is 0 Å². The summed E-state index contributed by atoms with van der Waals surface area (Å²) in [6, 6.07) is 8.37. The molecule has 0 radical (unpaired) electrons. The number of nitrogens with zero attached hydrogens (tertiary/aromatic N) is 1. The Balaban J connectivity index is 2.01. The molecule has 116 valence electrons. The maximum absolute atomic E-state index is 11.9. The number of nitrogens with one attached hydrogen (secondary N) is 1. The number of carbonyl (C=O) groups excluding carboxylic acids is 1. The second-order valence-electron chi connectivity index (χ2n) is 5.64. The highest BCUT2D eigenvalue weighted by atomic mass is 16.5. The molecule has 1 unspecified atom stereocenters. The Hall–Kier alpha value is -1.39. The Kier molecular flexibility index (Phi) is 6.21.